The van der Waals surface area contributed by atoms with E-state index in [9.17, 15) is 23.1 Å². The number of alkyl halides is 3. The fourth-order valence-corrected chi connectivity index (χ4v) is 3.85. The Hall–Kier alpha value is -2.87. The van der Waals surface area contributed by atoms with Gasteiger partial charge in [-0.15, -0.1) is 0 Å². The summed E-state index contributed by atoms with van der Waals surface area (Å²) in [5.41, 5.74) is -2.00. The van der Waals surface area contributed by atoms with Crippen LogP contribution in [0.2, 0.25) is 5.02 Å². The summed E-state index contributed by atoms with van der Waals surface area (Å²) in [5, 5.41) is 9.31. The highest BCUT2D eigenvalue weighted by atomic mass is 35.5. The van der Waals surface area contributed by atoms with Crippen molar-refractivity contribution in [1.29, 1.82) is 0 Å². The number of hydrogen-bond donors (Lipinski definition) is 1. The summed E-state index contributed by atoms with van der Waals surface area (Å²) in [6.45, 7) is 7.02. The number of aliphatic carboxylic acids is 1. The second kappa shape index (κ2) is 10.0. The van der Waals surface area contributed by atoms with Crippen LogP contribution in [0.4, 0.5) is 13.2 Å². The third-order valence-corrected chi connectivity index (χ3v) is 5.75. The summed E-state index contributed by atoms with van der Waals surface area (Å²) >= 11 is 6.19. The molecule has 0 spiro atoms. The van der Waals surface area contributed by atoms with E-state index in [1.807, 2.05) is 12.1 Å². The molecule has 0 radical (unpaired) electrons. The zero-order valence-corrected chi connectivity index (χ0v) is 20.7. The van der Waals surface area contributed by atoms with Gasteiger partial charge < -0.3 is 19.3 Å². The lowest BCUT2D eigenvalue weighted by Gasteiger charge is -2.32. The van der Waals surface area contributed by atoms with E-state index in [4.69, 9.17) is 25.8 Å². The molecule has 1 heterocycles. The highest BCUT2D eigenvalue weighted by molar-refractivity contribution is 6.32. The number of ether oxygens (including phenoxy) is 3. The van der Waals surface area contributed by atoms with Crippen molar-refractivity contribution < 1.29 is 37.3 Å². The van der Waals surface area contributed by atoms with Crippen LogP contribution in [0.25, 0.3) is 5.57 Å². The highest BCUT2D eigenvalue weighted by Crippen LogP contribution is 2.47. The number of allylic oxidation sites excluding steroid dienone is 1. The molecular formula is C26H28ClF3O5. The number of fused-ring (bicyclic) bond motifs is 1. The molecule has 2 aromatic carbocycles. The molecule has 0 bridgehead atoms. The minimum atomic E-state index is -4.54. The number of benzene rings is 2. The summed E-state index contributed by atoms with van der Waals surface area (Å²) in [5.74, 6) is 0.0712. The zero-order valence-electron chi connectivity index (χ0n) is 20.0. The van der Waals surface area contributed by atoms with Crippen molar-refractivity contribution in [2.75, 3.05) is 13.2 Å². The molecule has 5 nitrogen and oxygen atoms in total. The Labute approximate surface area is 207 Å². The first-order chi connectivity index (χ1) is 16.2. The van der Waals surface area contributed by atoms with Crippen LogP contribution in [0.3, 0.4) is 0 Å². The van der Waals surface area contributed by atoms with Gasteiger partial charge in [-0.3, -0.25) is 4.79 Å². The van der Waals surface area contributed by atoms with Crippen molar-refractivity contribution in [3.8, 4) is 17.2 Å². The van der Waals surface area contributed by atoms with E-state index in [0.717, 1.165) is 11.6 Å². The first kappa shape index (κ1) is 26.7. The maximum Gasteiger partial charge on any atom is 0.416 e. The van der Waals surface area contributed by atoms with Crippen LogP contribution < -0.4 is 14.2 Å². The van der Waals surface area contributed by atoms with E-state index in [1.165, 1.54) is 12.1 Å². The van der Waals surface area contributed by atoms with Gasteiger partial charge in [0.25, 0.3) is 0 Å². The molecule has 3 rings (SSSR count). The maximum atomic E-state index is 13.5. The average molecular weight is 513 g/mol. The Morgan fingerprint density at radius 2 is 1.71 bits per heavy atom. The molecule has 1 aliphatic heterocycles. The fourth-order valence-electron chi connectivity index (χ4n) is 3.63. The molecule has 190 valence electrons. The Bertz CT molecular complexity index is 1110. The fraction of sp³-hybridized carbons (Fsp3) is 0.423. The SMILES string of the molecule is CC1(C)C=C(C(F)(F)F)c2cc(Cl)c(OCCCOc3ccc(CC(C)(C)C(=O)O)cc3)cc2O1. The Morgan fingerprint density at radius 1 is 1.09 bits per heavy atom. The van der Waals surface area contributed by atoms with E-state index in [2.05, 4.69) is 0 Å². The lowest BCUT2D eigenvalue weighted by Crippen LogP contribution is -2.31. The number of rotatable bonds is 9. The molecule has 0 aliphatic carbocycles. The number of halogens is 4. The van der Waals surface area contributed by atoms with Gasteiger partial charge in [0.1, 0.15) is 22.8 Å². The molecule has 0 aromatic heterocycles. The molecule has 1 aliphatic rings. The van der Waals surface area contributed by atoms with Gasteiger partial charge in [-0.1, -0.05) is 23.7 Å². The number of carboxylic acid groups (broad SMARTS) is 1. The topological polar surface area (TPSA) is 65.0 Å². The molecule has 0 fully saturated rings. The third kappa shape index (κ3) is 6.84. The second-order valence-electron chi connectivity index (χ2n) is 9.60. The molecule has 1 N–H and O–H groups in total. The van der Waals surface area contributed by atoms with Gasteiger partial charge >= 0.3 is 12.1 Å². The lowest BCUT2D eigenvalue weighted by molar-refractivity contribution is -0.146. The van der Waals surface area contributed by atoms with Crippen molar-refractivity contribution in [2.24, 2.45) is 5.41 Å². The van der Waals surface area contributed by atoms with Gasteiger partial charge in [-0.2, -0.15) is 13.2 Å². The zero-order chi connectivity index (χ0) is 26.0. The van der Waals surface area contributed by atoms with E-state index >= 15 is 0 Å². The first-order valence-electron chi connectivity index (χ1n) is 11.1. The van der Waals surface area contributed by atoms with Crippen molar-refractivity contribution in [2.45, 2.75) is 52.3 Å². The quantitative estimate of drug-likeness (QED) is 0.368. The second-order valence-corrected chi connectivity index (χ2v) is 10.0. The van der Waals surface area contributed by atoms with Crippen molar-refractivity contribution >= 4 is 23.1 Å². The van der Waals surface area contributed by atoms with E-state index in [-0.39, 0.29) is 28.7 Å². The predicted molar refractivity (Wildman–Crippen MR) is 127 cm³/mol. The lowest BCUT2D eigenvalue weighted by atomic mass is 9.86. The van der Waals surface area contributed by atoms with Crippen molar-refractivity contribution in [1.82, 2.24) is 0 Å². The molecular weight excluding hydrogens is 485 g/mol. The predicted octanol–water partition coefficient (Wildman–Crippen LogP) is 6.96. The van der Waals surface area contributed by atoms with Gasteiger partial charge in [0.05, 0.1) is 29.2 Å². The molecule has 0 saturated carbocycles. The van der Waals surface area contributed by atoms with Crippen LogP contribution in [0, 0.1) is 5.41 Å². The van der Waals surface area contributed by atoms with Gasteiger partial charge in [-0.05, 0) is 64.0 Å². The third-order valence-electron chi connectivity index (χ3n) is 5.46. The van der Waals surface area contributed by atoms with E-state index in [1.54, 1.807) is 39.8 Å². The standard InChI is InChI=1S/C26H28ClF3O5/c1-24(2,23(31)32)14-16-6-8-17(9-7-16)33-10-5-11-34-22-13-21-18(12-20(22)27)19(26(28,29)30)15-25(3,4)35-21/h6-9,12-13,15H,5,10-11,14H2,1-4H3,(H,31,32). The number of carboxylic acids is 1. The maximum absolute atomic E-state index is 13.5. The van der Waals surface area contributed by atoms with Crippen LogP contribution in [-0.4, -0.2) is 36.1 Å². The Kier molecular flexibility index (Phi) is 7.65. The summed E-state index contributed by atoms with van der Waals surface area (Å²) in [4.78, 5) is 11.3. The normalized spacial score (nSPS) is 15.0. The summed E-state index contributed by atoms with van der Waals surface area (Å²) in [6, 6.07) is 9.81. The Morgan fingerprint density at radius 3 is 2.31 bits per heavy atom. The van der Waals surface area contributed by atoms with E-state index in [0.29, 0.717) is 25.2 Å². The van der Waals surface area contributed by atoms with Crippen LogP contribution >= 0.6 is 11.6 Å². The number of hydrogen-bond acceptors (Lipinski definition) is 4. The molecule has 0 saturated heterocycles. The molecule has 9 heteroatoms. The summed E-state index contributed by atoms with van der Waals surface area (Å²) in [6.07, 6.45) is -2.59. The molecule has 0 atom stereocenters. The monoisotopic (exact) mass is 512 g/mol. The minimum absolute atomic E-state index is 0.0583. The van der Waals surface area contributed by atoms with Crippen molar-refractivity contribution in [3.05, 3.63) is 58.6 Å². The molecule has 0 unspecified atom stereocenters. The van der Waals surface area contributed by atoms with Crippen LogP contribution in [-0.2, 0) is 11.2 Å². The van der Waals surface area contributed by atoms with Gasteiger partial charge in [0, 0.05) is 18.1 Å². The molecule has 2 aromatic rings. The van der Waals surface area contributed by atoms with Gasteiger partial charge in [0.15, 0.2) is 0 Å². The Balaban J connectivity index is 1.55. The van der Waals surface area contributed by atoms with Gasteiger partial charge in [0.2, 0.25) is 0 Å². The van der Waals surface area contributed by atoms with Crippen molar-refractivity contribution in [3.63, 3.8) is 0 Å². The average Bonchev–Trinajstić information content (AvgIpc) is 2.73. The highest BCUT2D eigenvalue weighted by Gasteiger charge is 2.41. The minimum Gasteiger partial charge on any atom is -0.493 e. The van der Waals surface area contributed by atoms with Crippen LogP contribution in [0.5, 0.6) is 17.2 Å². The van der Waals surface area contributed by atoms with Crippen LogP contribution in [0.1, 0.15) is 45.2 Å². The first-order valence-corrected chi connectivity index (χ1v) is 11.5. The largest absolute Gasteiger partial charge is 0.493 e. The molecule has 35 heavy (non-hydrogen) atoms. The smallest absolute Gasteiger partial charge is 0.416 e. The summed E-state index contributed by atoms with van der Waals surface area (Å²) < 4.78 is 57.6. The van der Waals surface area contributed by atoms with Crippen LogP contribution in [0.15, 0.2) is 42.5 Å². The summed E-state index contributed by atoms with van der Waals surface area (Å²) in [7, 11) is 0. The van der Waals surface area contributed by atoms with Gasteiger partial charge in [-0.25, -0.2) is 0 Å². The molecule has 0 amide bonds. The van der Waals surface area contributed by atoms with E-state index < -0.39 is 28.7 Å². The number of carbonyl (C=O) groups is 1.